The summed E-state index contributed by atoms with van der Waals surface area (Å²) in [4.78, 5) is 24.3. The fourth-order valence-electron chi connectivity index (χ4n) is 3.39. The number of likely N-dealkylation sites (tertiary alicyclic amines) is 1. The van der Waals surface area contributed by atoms with Gasteiger partial charge in [-0.2, -0.15) is 0 Å². The topological polar surface area (TPSA) is 69.6 Å². The summed E-state index contributed by atoms with van der Waals surface area (Å²) in [6, 6.07) is 0.270. The number of nitrogens with one attached hydrogen (secondary N) is 1. The lowest BCUT2D eigenvalue weighted by Gasteiger charge is -2.39. The summed E-state index contributed by atoms with van der Waals surface area (Å²) in [5.74, 6) is 0.624. The Hall–Kier alpha value is -1.26. The summed E-state index contributed by atoms with van der Waals surface area (Å²) in [6.07, 6.45) is 3.61. The molecule has 108 valence electrons. The molecule has 0 spiro atoms. The van der Waals surface area contributed by atoms with Crippen molar-refractivity contribution >= 4 is 12.0 Å². The number of hydrogen-bond acceptors (Lipinski definition) is 2. The van der Waals surface area contributed by atoms with Crippen molar-refractivity contribution < 1.29 is 14.7 Å². The Balaban J connectivity index is 1.73. The number of urea groups is 1. The number of hydrogen-bond donors (Lipinski definition) is 2. The summed E-state index contributed by atoms with van der Waals surface area (Å²) in [5, 5.41) is 11.8. The van der Waals surface area contributed by atoms with Crippen molar-refractivity contribution in [1.82, 2.24) is 10.2 Å². The molecule has 0 aromatic rings. The molecule has 19 heavy (non-hydrogen) atoms. The second-order valence-corrected chi connectivity index (χ2v) is 6.03. The lowest BCUT2D eigenvalue weighted by Crippen LogP contribution is -2.56. The number of carboxylic acid groups (broad SMARTS) is 1. The van der Waals surface area contributed by atoms with Gasteiger partial charge in [-0.1, -0.05) is 20.3 Å². The molecule has 2 aliphatic rings. The summed E-state index contributed by atoms with van der Waals surface area (Å²) >= 11 is 0. The molecule has 0 aromatic carbocycles. The number of carbonyl (C=O) groups excluding carboxylic acids is 1. The van der Waals surface area contributed by atoms with Crippen molar-refractivity contribution in [3.8, 4) is 0 Å². The molecule has 2 fully saturated rings. The lowest BCUT2D eigenvalue weighted by molar-refractivity contribution is -0.139. The van der Waals surface area contributed by atoms with Gasteiger partial charge in [-0.05, 0) is 24.7 Å². The molecule has 3 atom stereocenters. The SMILES string of the molecule is CCC1CCC(NC(=O)N2CC(CC(=O)O)C2)C1C. The first-order valence-corrected chi connectivity index (χ1v) is 7.28. The van der Waals surface area contributed by atoms with E-state index in [0.717, 1.165) is 12.3 Å². The highest BCUT2D eigenvalue weighted by Crippen LogP contribution is 2.34. The van der Waals surface area contributed by atoms with Crippen molar-refractivity contribution in [1.29, 1.82) is 0 Å². The maximum absolute atomic E-state index is 12.0. The van der Waals surface area contributed by atoms with Crippen LogP contribution >= 0.6 is 0 Å². The van der Waals surface area contributed by atoms with E-state index in [2.05, 4.69) is 19.2 Å². The van der Waals surface area contributed by atoms with E-state index in [0.29, 0.717) is 19.0 Å². The van der Waals surface area contributed by atoms with Crippen molar-refractivity contribution in [2.75, 3.05) is 13.1 Å². The molecule has 0 radical (unpaired) electrons. The summed E-state index contributed by atoms with van der Waals surface area (Å²) in [5.41, 5.74) is 0. The zero-order valence-electron chi connectivity index (χ0n) is 11.8. The van der Waals surface area contributed by atoms with E-state index < -0.39 is 5.97 Å². The Labute approximate surface area is 114 Å². The van der Waals surface area contributed by atoms with Gasteiger partial charge in [-0.3, -0.25) is 4.79 Å². The van der Waals surface area contributed by atoms with Crippen molar-refractivity contribution in [2.24, 2.45) is 17.8 Å². The minimum atomic E-state index is -0.778. The molecule has 0 aromatic heterocycles. The van der Waals surface area contributed by atoms with Gasteiger partial charge in [0.25, 0.3) is 0 Å². The van der Waals surface area contributed by atoms with Gasteiger partial charge in [-0.15, -0.1) is 0 Å². The number of rotatable bonds is 4. The maximum atomic E-state index is 12.0. The van der Waals surface area contributed by atoms with Crippen LogP contribution in [0, 0.1) is 17.8 Å². The summed E-state index contributed by atoms with van der Waals surface area (Å²) in [7, 11) is 0. The van der Waals surface area contributed by atoms with E-state index in [1.807, 2.05) is 0 Å². The fourth-order valence-corrected chi connectivity index (χ4v) is 3.39. The van der Waals surface area contributed by atoms with Gasteiger partial charge in [0.05, 0.1) is 6.42 Å². The third-order valence-corrected chi connectivity index (χ3v) is 4.77. The Morgan fingerprint density at radius 1 is 1.32 bits per heavy atom. The number of nitrogens with zero attached hydrogens (tertiary/aromatic N) is 1. The lowest BCUT2D eigenvalue weighted by atomic mass is 9.93. The van der Waals surface area contributed by atoms with Crippen LogP contribution in [0.1, 0.15) is 39.5 Å². The van der Waals surface area contributed by atoms with Crippen LogP contribution in [0.2, 0.25) is 0 Å². The Morgan fingerprint density at radius 2 is 2.00 bits per heavy atom. The summed E-state index contributed by atoms with van der Waals surface area (Å²) in [6.45, 7) is 5.58. The maximum Gasteiger partial charge on any atom is 0.317 e. The van der Waals surface area contributed by atoms with E-state index in [4.69, 9.17) is 5.11 Å². The predicted molar refractivity (Wildman–Crippen MR) is 71.8 cm³/mol. The van der Waals surface area contributed by atoms with Gasteiger partial charge in [-0.25, -0.2) is 4.79 Å². The smallest absolute Gasteiger partial charge is 0.317 e. The molecule has 2 amide bonds. The van der Waals surface area contributed by atoms with E-state index in [1.54, 1.807) is 4.90 Å². The minimum Gasteiger partial charge on any atom is -0.481 e. The van der Waals surface area contributed by atoms with Crippen LogP contribution in [-0.4, -0.2) is 41.1 Å². The van der Waals surface area contributed by atoms with Gasteiger partial charge in [0, 0.05) is 25.0 Å². The first-order chi connectivity index (χ1) is 9.01. The standard InChI is InChI=1S/C14H24N2O3/c1-3-11-4-5-12(9(11)2)15-14(19)16-7-10(8-16)6-13(17)18/h9-12H,3-8H2,1-2H3,(H,15,19)(H,17,18). The molecule has 2 N–H and O–H groups in total. The third-order valence-electron chi connectivity index (χ3n) is 4.77. The van der Waals surface area contributed by atoms with Crippen molar-refractivity contribution in [3.05, 3.63) is 0 Å². The molecule has 0 bridgehead atoms. The molecular formula is C14H24N2O3. The molecule has 5 heteroatoms. The molecule has 2 rings (SSSR count). The number of carboxylic acids is 1. The third kappa shape index (κ3) is 3.19. The number of aliphatic carboxylic acids is 1. The average Bonchev–Trinajstić information content (AvgIpc) is 2.64. The van der Waals surface area contributed by atoms with Crippen LogP contribution < -0.4 is 5.32 Å². The fraction of sp³-hybridized carbons (Fsp3) is 0.857. The van der Waals surface area contributed by atoms with Gasteiger partial charge in [0.15, 0.2) is 0 Å². The van der Waals surface area contributed by atoms with Crippen LogP contribution in [0.25, 0.3) is 0 Å². The summed E-state index contributed by atoms with van der Waals surface area (Å²) < 4.78 is 0. The Morgan fingerprint density at radius 3 is 2.53 bits per heavy atom. The highest BCUT2D eigenvalue weighted by Gasteiger charge is 2.36. The Bertz CT molecular complexity index is 353. The molecular weight excluding hydrogens is 244 g/mol. The Kier molecular flexibility index (Phi) is 4.32. The van der Waals surface area contributed by atoms with Gasteiger partial charge in [0.2, 0.25) is 0 Å². The zero-order valence-corrected chi connectivity index (χ0v) is 11.8. The molecule has 1 saturated heterocycles. The first kappa shape index (κ1) is 14.2. The van der Waals surface area contributed by atoms with Crippen molar-refractivity contribution in [2.45, 2.75) is 45.6 Å². The molecule has 1 aliphatic heterocycles. The highest BCUT2D eigenvalue weighted by molar-refractivity contribution is 5.76. The zero-order chi connectivity index (χ0) is 14.0. The number of amides is 2. The van der Waals surface area contributed by atoms with Crippen LogP contribution in [0.5, 0.6) is 0 Å². The average molecular weight is 268 g/mol. The molecule has 1 saturated carbocycles. The second kappa shape index (κ2) is 5.80. The first-order valence-electron chi connectivity index (χ1n) is 7.28. The molecule has 5 nitrogen and oxygen atoms in total. The van der Waals surface area contributed by atoms with Gasteiger partial charge >= 0.3 is 12.0 Å². The van der Waals surface area contributed by atoms with E-state index in [-0.39, 0.29) is 24.4 Å². The predicted octanol–water partition coefficient (Wildman–Crippen LogP) is 1.93. The highest BCUT2D eigenvalue weighted by atomic mass is 16.4. The van der Waals surface area contributed by atoms with Crippen LogP contribution in [0.15, 0.2) is 0 Å². The molecule has 1 heterocycles. The quantitative estimate of drug-likeness (QED) is 0.818. The van der Waals surface area contributed by atoms with E-state index >= 15 is 0 Å². The normalized spacial score (nSPS) is 31.1. The van der Waals surface area contributed by atoms with Crippen molar-refractivity contribution in [3.63, 3.8) is 0 Å². The van der Waals surface area contributed by atoms with Gasteiger partial charge in [0.1, 0.15) is 0 Å². The van der Waals surface area contributed by atoms with Crippen LogP contribution in [0.3, 0.4) is 0 Å². The molecule has 3 unspecified atom stereocenters. The second-order valence-electron chi connectivity index (χ2n) is 6.03. The van der Waals surface area contributed by atoms with Crippen LogP contribution in [0.4, 0.5) is 4.79 Å². The van der Waals surface area contributed by atoms with Crippen LogP contribution in [-0.2, 0) is 4.79 Å². The van der Waals surface area contributed by atoms with E-state index in [1.165, 1.54) is 12.8 Å². The molecule has 1 aliphatic carbocycles. The monoisotopic (exact) mass is 268 g/mol. The number of carbonyl (C=O) groups is 2. The van der Waals surface area contributed by atoms with Gasteiger partial charge < -0.3 is 15.3 Å². The van der Waals surface area contributed by atoms with E-state index in [9.17, 15) is 9.59 Å². The minimum absolute atomic E-state index is 0.0183. The largest absolute Gasteiger partial charge is 0.481 e.